The number of hydrogen-bond acceptors (Lipinski definition) is 6. The number of aryl methyl sites for hydroxylation is 1. The lowest BCUT2D eigenvalue weighted by atomic mass is 9.94. The average Bonchev–Trinajstić information content (AvgIpc) is 3.28. The van der Waals surface area contributed by atoms with Gasteiger partial charge in [-0.3, -0.25) is 9.78 Å². The molecule has 4 aromatic rings. The fraction of sp³-hybridized carbons (Fsp3) is 0.185. The Morgan fingerprint density at radius 1 is 1.11 bits per heavy atom. The Hall–Kier alpha value is -4.46. The Kier molecular flexibility index (Phi) is 6.01. The lowest BCUT2D eigenvalue weighted by Crippen LogP contribution is -2.31. The predicted octanol–water partition coefficient (Wildman–Crippen LogP) is 4.97. The standard InChI is InChI=1S/C27H26N6O2/c1-4-35-22-12-10-19(11-13-22)25-31-27-29-18(3)23(26(34)30-21-9-6-14-28-16-21)24(33(27)32-25)20-8-5-7-17(2)15-20/h5-16,24H,4H2,1-3H3,(H,30,34)(H,29,31,32)/t24-/m1/s1. The normalized spacial score (nSPS) is 14.8. The van der Waals surface area contributed by atoms with E-state index in [0.717, 1.165) is 28.1 Å². The highest BCUT2D eigenvalue weighted by atomic mass is 16.5. The van der Waals surface area contributed by atoms with E-state index in [4.69, 9.17) is 14.8 Å². The van der Waals surface area contributed by atoms with Crippen LogP contribution < -0.4 is 15.4 Å². The van der Waals surface area contributed by atoms with Crippen LogP contribution in [0.1, 0.15) is 31.0 Å². The van der Waals surface area contributed by atoms with E-state index in [1.165, 1.54) is 0 Å². The van der Waals surface area contributed by atoms with E-state index in [0.29, 0.717) is 29.6 Å². The minimum atomic E-state index is -0.452. The third kappa shape index (κ3) is 4.50. The molecule has 2 aromatic heterocycles. The largest absolute Gasteiger partial charge is 0.494 e. The molecule has 0 saturated carbocycles. The van der Waals surface area contributed by atoms with Crippen LogP contribution >= 0.6 is 0 Å². The van der Waals surface area contributed by atoms with Crippen LogP contribution in [0.3, 0.4) is 0 Å². The first kappa shape index (κ1) is 22.3. The Morgan fingerprint density at radius 3 is 2.66 bits per heavy atom. The second-order valence-corrected chi connectivity index (χ2v) is 8.34. The van der Waals surface area contributed by atoms with Gasteiger partial charge < -0.3 is 15.4 Å². The first-order valence-corrected chi connectivity index (χ1v) is 11.5. The summed E-state index contributed by atoms with van der Waals surface area (Å²) in [4.78, 5) is 22.4. The molecule has 1 amide bonds. The molecule has 0 bridgehead atoms. The number of pyridine rings is 1. The van der Waals surface area contributed by atoms with Gasteiger partial charge in [0.1, 0.15) is 11.8 Å². The molecule has 35 heavy (non-hydrogen) atoms. The van der Waals surface area contributed by atoms with Gasteiger partial charge in [0.25, 0.3) is 5.91 Å². The zero-order chi connectivity index (χ0) is 24.4. The van der Waals surface area contributed by atoms with Gasteiger partial charge in [0.15, 0.2) is 5.82 Å². The fourth-order valence-corrected chi connectivity index (χ4v) is 4.22. The number of amides is 1. The van der Waals surface area contributed by atoms with Crippen molar-refractivity contribution in [2.45, 2.75) is 26.8 Å². The van der Waals surface area contributed by atoms with Crippen molar-refractivity contribution >= 4 is 17.5 Å². The molecule has 0 saturated heterocycles. The summed E-state index contributed by atoms with van der Waals surface area (Å²) < 4.78 is 7.34. The number of hydrogen-bond donors (Lipinski definition) is 2. The molecule has 1 aliphatic rings. The lowest BCUT2D eigenvalue weighted by Gasteiger charge is -2.28. The summed E-state index contributed by atoms with van der Waals surface area (Å²) in [5.41, 5.74) is 4.82. The van der Waals surface area contributed by atoms with E-state index >= 15 is 0 Å². The topological polar surface area (TPSA) is 94.0 Å². The molecule has 2 aromatic carbocycles. The molecule has 0 spiro atoms. The van der Waals surface area contributed by atoms with E-state index in [1.54, 1.807) is 23.1 Å². The number of carbonyl (C=O) groups is 1. The summed E-state index contributed by atoms with van der Waals surface area (Å²) >= 11 is 0. The lowest BCUT2D eigenvalue weighted by molar-refractivity contribution is -0.113. The summed E-state index contributed by atoms with van der Waals surface area (Å²) in [6, 6.07) is 18.9. The average molecular weight is 467 g/mol. The van der Waals surface area contributed by atoms with Crippen molar-refractivity contribution in [3.8, 4) is 17.1 Å². The van der Waals surface area contributed by atoms with Crippen LogP contribution in [0.2, 0.25) is 0 Å². The third-order valence-corrected chi connectivity index (χ3v) is 5.80. The Labute approximate surface area is 203 Å². The van der Waals surface area contributed by atoms with E-state index in [1.807, 2.05) is 69.3 Å². The van der Waals surface area contributed by atoms with Crippen molar-refractivity contribution in [3.05, 3.63) is 95.5 Å². The van der Waals surface area contributed by atoms with Crippen molar-refractivity contribution in [3.63, 3.8) is 0 Å². The van der Waals surface area contributed by atoms with Gasteiger partial charge in [0, 0.05) is 17.5 Å². The van der Waals surface area contributed by atoms with Gasteiger partial charge in [-0.15, -0.1) is 5.10 Å². The van der Waals surface area contributed by atoms with E-state index < -0.39 is 6.04 Å². The summed E-state index contributed by atoms with van der Waals surface area (Å²) in [5.74, 6) is 1.71. The Morgan fingerprint density at radius 2 is 1.94 bits per heavy atom. The number of benzene rings is 2. The van der Waals surface area contributed by atoms with Gasteiger partial charge in [-0.25, -0.2) is 4.68 Å². The number of carbonyl (C=O) groups excluding carboxylic acids is 1. The Balaban J connectivity index is 1.57. The van der Waals surface area contributed by atoms with Gasteiger partial charge in [-0.2, -0.15) is 4.98 Å². The van der Waals surface area contributed by atoms with Gasteiger partial charge in [0.2, 0.25) is 5.95 Å². The maximum atomic E-state index is 13.5. The van der Waals surface area contributed by atoms with Crippen molar-refractivity contribution < 1.29 is 9.53 Å². The van der Waals surface area contributed by atoms with Gasteiger partial charge in [0.05, 0.1) is 24.1 Å². The van der Waals surface area contributed by atoms with E-state index in [2.05, 4.69) is 21.7 Å². The first-order valence-electron chi connectivity index (χ1n) is 11.5. The van der Waals surface area contributed by atoms with Crippen LogP contribution in [0.15, 0.2) is 84.3 Å². The highest BCUT2D eigenvalue weighted by molar-refractivity contribution is 6.05. The summed E-state index contributed by atoms with van der Waals surface area (Å²) in [7, 11) is 0. The number of fused-ring (bicyclic) bond motifs is 1. The number of nitrogens with one attached hydrogen (secondary N) is 2. The zero-order valence-electron chi connectivity index (χ0n) is 19.8. The van der Waals surface area contributed by atoms with Crippen molar-refractivity contribution in [1.82, 2.24) is 19.7 Å². The second kappa shape index (κ2) is 9.42. The molecule has 5 rings (SSSR count). The van der Waals surface area contributed by atoms with Crippen LogP contribution in [0.25, 0.3) is 11.4 Å². The molecule has 0 radical (unpaired) electrons. The number of ether oxygens (including phenoxy) is 1. The smallest absolute Gasteiger partial charge is 0.255 e. The molecule has 176 valence electrons. The van der Waals surface area contributed by atoms with Crippen LogP contribution in [-0.4, -0.2) is 32.3 Å². The van der Waals surface area contributed by atoms with Crippen molar-refractivity contribution in [2.24, 2.45) is 0 Å². The molecule has 3 heterocycles. The molecule has 2 N–H and O–H groups in total. The molecule has 1 aliphatic heterocycles. The highest BCUT2D eigenvalue weighted by Gasteiger charge is 2.34. The summed E-state index contributed by atoms with van der Waals surface area (Å²) in [6.07, 6.45) is 3.29. The number of allylic oxidation sites excluding steroid dienone is 1. The molecule has 1 atom stereocenters. The summed E-state index contributed by atoms with van der Waals surface area (Å²) in [5, 5.41) is 11.1. The fourth-order valence-electron chi connectivity index (χ4n) is 4.22. The monoisotopic (exact) mass is 466 g/mol. The maximum Gasteiger partial charge on any atom is 0.255 e. The summed E-state index contributed by atoms with van der Waals surface area (Å²) in [6.45, 7) is 6.47. The number of nitrogens with zero attached hydrogens (tertiary/aromatic N) is 4. The molecule has 8 nitrogen and oxygen atoms in total. The van der Waals surface area contributed by atoms with E-state index in [9.17, 15) is 4.79 Å². The minimum Gasteiger partial charge on any atom is -0.494 e. The first-order chi connectivity index (χ1) is 17.0. The van der Waals surface area contributed by atoms with Crippen molar-refractivity contribution in [2.75, 3.05) is 17.2 Å². The van der Waals surface area contributed by atoms with Gasteiger partial charge in [-0.1, -0.05) is 29.8 Å². The van der Waals surface area contributed by atoms with Crippen molar-refractivity contribution in [1.29, 1.82) is 0 Å². The number of aromatic nitrogens is 4. The highest BCUT2D eigenvalue weighted by Crippen LogP contribution is 2.37. The maximum absolute atomic E-state index is 13.5. The van der Waals surface area contributed by atoms with Gasteiger partial charge >= 0.3 is 0 Å². The molecule has 0 unspecified atom stereocenters. The van der Waals surface area contributed by atoms with Crippen LogP contribution in [-0.2, 0) is 4.79 Å². The molecular formula is C27H26N6O2. The second-order valence-electron chi connectivity index (χ2n) is 8.34. The predicted molar refractivity (Wildman–Crippen MR) is 135 cm³/mol. The zero-order valence-corrected chi connectivity index (χ0v) is 19.8. The quantitative estimate of drug-likeness (QED) is 0.417. The Bertz CT molecular complexity index is 1390. The molecular weight excluding hydrogens is 440 g/mol. The van der Waals surface area contributed by atoms with Crippen LogP contribution in [0.4, 0.5) is 11.6 Å². The third-order valence-electron chi connectivity index (χ3n) is 5.80. The molecule has 8 heteroatoms. The number of anilines is 2. The SMILES string of the molecule is CCOc1ccc(-c2nc3n(n2)[C@H](c2cccc(C)c2)C(C(=O)Nc2cccnc2)=C(C)N3)cc1. The van der Waals surface area contributed by atoms with Gasteiger partial charge in [-0.05, 0) is 62.7 Å². The molecule has 0 fully saturated rings. The molecule has 0 aliphatic carbocycles. The number of rotatable bonds is 6. The minimum absolute atomic E-state index is 0.224. The van der Waals surface area contributed by atoms with Crippen LogP contribution in [0, 0.1) is 6.92 Å². The van der Waals surface area contributed by atoms with Crippen LogP contribution in [0.5, 0.6) is 5.75 Å². The van der Waals surface area contributed by atoms with E-state index in [-0.39, 0.29) is 5.91 Å².